The molecule has 2 aromatic carbocycles. The lowest BCUT2D eigenvalue weighted by Crippen LogP contribution is -2.09. The summed E-state index contributed by atoms with van der Waals surface area (Å²) in [6.07, 6.45) is 0. The van der Waals surface area contributed by atoms with Crippen molar-refractivity contribution in [1.82, 2.24) is 4.98 Å². The van der Waals surface area contributed by atoms with Crippen molar-refractivity contribution in [2.45, 2.75) is 13.5 Å². The number of hydrogen-bond donors (Lipinski definition) is 1. The van der Waals surface area contributed by atoms with E-state index in [1.165, 1.54) is 28.2 Å². The first-order valence-corrected chi connectivity index (χ1v) is 10.6. The molecule has 0 aliphatic carbocycles. The summed E-state index contributed by atoms with van der Waals surface area (Å²) in [5.41, 5.74) is 2.99. The van der Waals surface area contributed by atoms with Gasteiger partial charge in [0.05, 0.1) is 15.1 Å². The molecule has 1 aliphatic rings. The number of benzene rings is 2. The smallest absolute Gasteiger partial charge is 0.267 e. The average Bonchev–Trinajstić information content (AvgIpc) is 3.44. The Morgan fingerprint density at radius 2 is 2.07 bits per heavy atom. The minimum absolute atomic E-state index is 0.167. The van der Waals surface area contributed by atoms with Crippen LogP contribution in [-0.2, 0) is 6.61 Å². The summed E-state index contributed by atoms with van der Waals surface area (Å²) in [6, 6.07) is 13.3. The van der Waals surface area contributed by atoms with E-state index in [4.69, 9.17) is 14.2 Å². The van der Waals surface area contributed by atoms with Gasteiger partial charge in [0, 0.05) is 11.6 Å². The number of fused-ring (bicyclic) bond motifs is 2. The van der Waals surface area contributed by atoms with E-state index in [-0.39, 0.29) is 12.7 Å². The molecule has 3 heterocycles. The number of ether oxygens (including phenoxy) is 3. The summed E-state index contributed by atoms with van der Waals surface area (Å²) in [5, 5.41) is 5.41. The highest BCUT2D eigenvalue weighted by molar-refractivity contribution is 7.22. The molecule has 0 bridgehead atoms. The minimum Gasteiger partial charge on any atom is -0.489 e. The van der Waals surface area contributed by atoms with E-state index in [2.05, 4.69) is 16.4 Å². The van der Waals surface area contributed by atoms with Crippen molar-refractivity contribution in [1.29, 1.82) is 0 Å². The van der Waals surface area contributed by atoms with Gasteiger partial charge >= 0.3 is 0 Å². The van der Waals surface area contributed by atoms with Crippen LogP contribution >= 0.6 is 22.7 Å². The van der Waals surface area contributed by atoms with Gasteiger partial charge in [-0.2, -0.15) is 0 Å². The number of nitrogens with zero attached hydrogens (tertiary/aromatic N) is 1. The SMILES string of the molecule is Cc1ccc2nc(NC(=O)c3cc(COc4ccc5c(c4)OCO5)cs3)sc2c1. The van der Waals surface area contributed by atoms with Crippen LogP contribution in [0.2, 0.25) is 0 Å². The van der Waals surface area contributed by atoms with Gasteiger partial charge in [0.2, 0.25) is 6.79 Å². The molecule has 8 heteroatoms. The van der Waals surface area contributed by atoms with Gasteiger partial charge in [0.15, 0.2) is 16.6 Å². The van der Waals surface area contributed by atoms with E-state index >= 15 is 0 Å². The van der Waals surface area contributed by atoms with Crippen molar-refractivity contribution in [2.75, 3.05) is 12.1 Å². The Hall–Kier alpha value is -3.10. The molecule has 29 heavy (non-hydrogen) atoms. The lowest BCUT2D eigenvalue weighted by molar-refractivity contribution is 0.103. The van der Waals surface area contributed by atoms with E-state index in [0.717, 1.165) is 21.5 Å². The summed E-state index contributed by atoms with van der Waals surface area (Å²) in [7, 11) is 0. The number of thiophene rings is 1. The van der Waals surface area contributed by atoms with Gasteiger partial charge in [-0.25, -0.2) is 4.98 Å². The minimum atomic E-state index is -0.167. The number of carbonyl (C=O) groups is 1. The molecule has 0 atom stereocenters. The van der Waals surface area contributed by atoms with Crippen LogP contribution in [0.25, 0.3) is 10.2 Å². The van der Waals surface area contributed by atoms with E-state index < -0.39 is 0 Å². The number of anilines is 1. The Labute approximate surface area is 174 Å². The van der Waals surface area contributed by atoms with E-state index in [1.54, 1.807) is 6.07 Å². The molecule has 0 radical (unpaired) electrons. The zero-order valence-corrected chi connectivity index (χ0v) is 17.1. The van der Waals surface area contributed by atoms with Crippen molar-refractivity contribution in [3.05, 3.63) is 63.8 Å². The summed E-state index contributed by atoms with van der Waals surface area (Å²) < 4.78 is 17.5. The van der Waals surface area contributed by atoms with Crippen molar-refractivity contribution in [2.24, 2.45) is 0 Å². The first-order chi connectivity index (χ1) is 14.1. The van der Waals surface area contributed by atoms with Gasteiger partial charge in [-0.15, -0.1) is 11.3 Å². The van der Waals surface area contributed by atoms with Crippen LogP contribution in [0.3, 0.4) is 0 Å². The summed E-state index contributed by atoms with van der Waals surface area (Å²) in [5.74, 6) is 1.92. The number of amides is 1. The largest absolute Gasteiger partial charge is 0.489 e. The Bertz CT molecular complexity index is 1210. The fourth-order valence-corrected chi connectivity index (χ4v) is 4.70. The molecular formula is C21H16N2O4S2. The quantitative estimate of drug-likeness (QED) is 0.475. The fourth-order valence-electron chi connectivity index (χ4n) is 2.95. The Morgan fingerprint density at radius 1 is 1.17 bits per heavy atom. The number of nitrogens with one attached hydrogen (secondary N) is 1. The zero-order chi connectivity index (χ0) is 19.8. The van der Waals surface area contributed by atoms with Gasteiger partial charge < -0.3 is 14.2 Å². The standard InChI is InChI=1S/C21H16N2O4S2/c1-12-2-4-15-18(6-12)29-21(22-15)23-20(24)19-7-13(10-28-19)9-25-14-3-5-16-17(8-14)27-11-26-16/h2-8,10H,9,11H2,1H3,(H,22,23,24). The van der Waals surface area contributed by atoms with E-state index in [0.29, 0.717) is 28.1 Å². The second-order valence-corrected chi connectivity index (χ2v) is 8.51. The van der Waals surface area contributed by atoms with Gasteiger partial charge in [-0.05, 0) is 48.2 Å². The van der Waals surface area contributed by atoms with Crippen LogP contribution in [-0.4, -0.2) is 17.7 Å². The fraction of sp³-hybridized carbons (Fsp3) is 0.143. The molecule has 0 spiro atoms. The molecule has 1 amide bonds. The number of carbonyl (C=O) groups excluding carboxylic acids is 1. The average molecular weight is 425 g/mol. The second-order valence-electron chi connectivity index (χ2n) is 6.57. The third-order valence-corrected chi connectivity index (χ3v) is 6.30. The maximum absolute atomic E-state index is 12.6. The number of hydrogen-bond acceptors (Lipinski definition) is 7. The Morgan fingerprint density at radius 3 is 3.00 bits per heavy atom. The summed E-state index contributed by atoms with van der Waals surface area (Å²) >= 11 is 2.85. The van der Waals surface area contributed by atoms with Crippen molar-refractivity contribution in [3.8, 4) is 17.2 Å². The number of thiazole rings is 1. The molecule has 2 aromatic heterocycles. The number of aromatic nitrogens is 1. The van der Waals surface area contributed by atoms with Crippen LogP contribution in [0.15, 0.2) is 47.8 Å². The molecule has 0 saturated carbocycles. The van der Waals surface area contributed by atoms with E-state index in [9.17, 15) is 4.79 Å². The molecule has 5 rings (SSSR count). The highest BCUT2D eigenvalue weighted by atomic mass is 32.1. The first-order valence-electron chi connectivity index (χ1n) is 8.92. The lowest BCUT2D eigenvalue weighted by Gasteiger charge is -2.05. The molecular weight excluding hydrogens is 408 g/mol. The maximum atomic E-state index is 12.6. The van der Waals surface area contributed by atoms with Crippen LogP contribution in [0.1, 0.15) is 20.8 Å². The normalized spacial score (nSPS) is 12.3. The third kappa shape index (κ3) is 3.76. The third-order valence-electron chi connectivity index (χ3n) is 4.39. The van der Waals surface area contributed by atoms with Crippen molar-refractivity contribution in [3.63, 3.8) is 0 Å². The monoisotopic (exact) mass is 424 g/mol. The highest BCUT2D eigenvalue weighted by Gasteiger charge is 2.15. The molecule has 0 saturated heterocycles. The molecule has 6 nitrogen and oxygen atoms in total. The van der Waals surface area contributed by atoms with Gasteiger partial charge in [0.25, 0.3) is 5.91 Å². The lowest BCUT2D eigenvalue weighted by atomic mass is 10.2. The Balaban J connectivity index is 1.23. The van der Waals surface area contributed by atoms with Crippen molar-refractivity contribution < 1.29 is 19.0 Å². The number of rotatable bonds is 5. The predicted octanol–water partition coefficient (Wildman–Crippen LogP) is 5.23. The predicted molar refractivity (Wildman–Crippen MR) is 114 cm³/mol. The summed E-state index contributed by atoms with van der Waals surface area (Å²) in [6.45, 7) is 2.64. The Kier molecular flexibility index (Phi) is 4.57. The molecule has 0 fully saturated rings. The second kappa shape index (κ2) is 7.38. The van der Waals surface area contributed by atoms with E-state index in [1.807, 2.05) is 42.6 Å². The van der Waals surface area contributed by atoms with Crippen LogP contribution < -0.4 is 19.5 Å². The highest BCUT2D eigenvalue weighted by Crippen LogP contribution is 2.35. The topological polar surface area (TPSA) is 69.7 Å². The summed E-state index contributed by atoms with van der Waals surface area (Å²) in [4.78, 5) is 17.7. The molecule has 4 aromatic rings. The van der Waals surface area contributed by atoms with Crippen molar-refractivity contribution >= 4 is 43.9 Å². The van der Waals surface area contributed by atoms with Gasteiger partial charge in [0.1, 0.15) is 12.4 Å². The van der Waals surface area contributed by atoms with Gasteiger partial charge in [-0.3, -0.25) is 10.1 Å². The zero-order valence-electron chi connectivity index (χ0n) is 15.4. The molecule has 1 N–H and O–H groups in total. The molecule has 146 valence electrons. The van der Waals surface area contributed by atoms with Gasteiger partial charge in [-0.1, -0.05) is 17.4 Å². The number of aryl methyl sites for hydroxylation is 1. The maximum Gasteiger partial charge on any atom is 0.267 e. The van der Waals surface area contributed by atoms with Crippen LogP contribution in [0, 0.1) is 6.92 Å². The molecule has 0 unspecified atom stereocenters. The van der Waals surface area contributed by atoms with Crippen LogP contribution in [0.4, 0.5) is 5.13 Å². The first kappa shape index (κ1) is 18.0. The molecule has 1 aliphatic heterocycles. The van der Waals surface area contributed by atoms with Crippen LogP contribution in [0.5, 0.6) is 17.2 Å².